The van der Waals surface area contributed by atoms with Gasteiger partial charge in [-0.15, -0.1) is 0 Å². The van der Waals surface area contributed by atoms with Gasteiger partial charge in [0, 0.05) is 17.1 Å². The van der Waals surface area contributed by atoms with Gasteiger partial charge in [-0.3, -0.25) is 9.78 Å². The Bertz CT molecular complexity index is 505. The first-order valence-electron chi connectivity index (χ1n) is 4.51. The van der Waals surface area contributed by atoms with E-state index in [9.17, 15) is 9.90 Å². The fraction of sp³-hybridized carbons (Fsp3) is 0.0909. The van der Waals surface area contributed by atoms with E-state index >= 15 is 0 Å². The minimum atomic E-state index is -1.30. The van der Waals surface area contributed by atoms with Crippen LogP contribution in [-0.2, 0) is 4.79 Å². The number of amides is 1. The summed E-state index contributed by atoms with van der Waals surface area (Å²) in [7, 11) is 0. The third-order valence-corrected chi connectivity index (χ3v) is 2.23. The maximum Gasteiger partial charge on any atom is 0.250 e. The Morgan fingerprint density at radius 2 is 2.07 bits per heavy atom. The van der Waals surface area contributed by atoms with Crippen molar-refractivity contribution in [3.8, 4) is 0 Å². The van der Waals surface area contributed by atoms with Crippen LogP contribution in [0.5, 0.6) is 0 Å². The molecule has 15 heavy (non-hydrogen) atoms. The van der Waals surface area contributed by atoms with E-state index in [0.717, 1.165) is 5.39 Å². The maximum absolute atomic E-state index is 10.9. The zero-order chi connectivity index (χ0) is 10.8. The molecule has 0 aliphatic carbocycles. The SMILES string of the molecule is NC(=O)C(O)c1cccc2cccnc12. The molecule has 4 nitrogen and oxygen atoms in total. The first kappa shape index (κ1) is 9.61. The summed E-state index contributed by atoms with van der Waals surface area (Å²) in [6.07, 6.45) is 0.308. The van der Waals surface area contributed by atoms with Gasteiger partial charge in [-0.05, 0) is 6.07 Å². The van der Waals surface area contributed by atoms with Crippen molar-refractivity contribution < 1.29 is 9.90 Å². The molecule has 0 saturated heterocycles. The van der Waals surface area contributed by atoms with Crippen LogP contribution in [0.4, 0.5) is 0 Å². The second-order valence-corrected chi connectivity index (χ2v) is 3.23. The standard InChI is InChI=1S/C11H10N2O2/c12-11(15)10(14)8-5-1-3-7-4-2-6-13-9(7)8/h1-6,10,14H,(H2,12,15). The average molecular weight is 202 g/mol. The van der Waals surface area contributed by atoms with Crippen LogP contribution in [0.2, 0.25) is 0 Å². The number of carbonyl (C=O) groups excluding carboxylic acids is 1. The third-order valence-electron chi connectivity index (χ3n) is 2.23. The molecule has 0 saturated carbocycles. The van der Waals surface area contributed by atoms with E-state index in [4.69, 9.17) is 5.73 Å². The van der Waals surface area contributed by atoms with Crippen molar-refractivity contribution in [2.45, 2.75) is 6.10 Å². The molecule has 2 aromatic rings. The molecule has 3 N–H and O–H groups in total. The molecule has 0 spiro atoms. The van der Waals surface area contributed by atoms with Crippen LogP contribution < -0.4 is 5.73 Å². The number of para-hydroxylation sites is 1. The van der Waals surface area contributed by atoms with Crippen molar-refractivity contribution >= 4 is 16.8 Å². The van der Waals surface area contributed by atoms with Crippen LogP contribution in [-0.4, -0.2) is 16.0 Å². The molecular weight excluding hydrogens is 192 g/mol. The van der Waals surface area contributed by atoms with E-state index in [2.05, 4.69) is 4.98 Å². The van der Waals surface area contributed by atoms with Gasteiger partial charge >= 0.3 is 0 Å². The highest BCUT2D eigenvalue weighted by molar-refractivity contribution is 5.88. The smallest absolute Gasteiger partial charge is 0.250 e. The monoisotopic (exact) mass is 202 g/mol. The van der Waals surface area contributed by atoms with Gasteiger partial charge in [0.2, 0.25) is 0 Å². The van der Waals surface area contributed by atoms with Crippen LogP contribution in [0.15, 0.2) is 36.5 Å². The molecule has 4 heteroatoms. The number of aliphatic hydroxyl groups excluding tert-OH is 1. The Morgan fingerprint density at radius 3 is 2.80 bits per heavy atom. The Hall–Kier alpha value is -1.94. The number of primary amides is 1. The highest BCUT2D eigenvalue weighted by Gasteiger charge is 2.16. The normalized spacial score (nSPS) is 12.6. The van der Waals surface area contributed by atoms with Crippen LogP contribution in [0.25, 0.3) is 10.9 Å². The van der Waals surface area contributed by atoms with Gasteiger partial charge in [0.25, 0.3) is 5.91 Å². The minimum Gasteiger partial charge on any atom is -0.378 e. The van der Waals surface area contributed by atoms with Crippen molar-refractivity contribution in [2.75, 3.05) is 0 Å². The van der Waals surface area contributed by atoms with Gasteiger partial charge in [0.1, 0.15) is 0 Å². The number of fused-ring (bicyclic) bond motifs is 1. The van der Waals surface area contributed by atoms with Gasteiger partial charge in [0.05, 0.1) is 5.52 Å². The summed E-state index contributed by atoms with van der Waals surface area (Å²) in [4.78, 5) is 15.0. The quantitative estimate of drug-likeness (QED) is 0.754. The molecule has 76 valence electrons. The topological polar surface area (TPSA) is 76.2 Å². The molecule has 0 aliphatic rings. The highest BCUT2D eigenvalue weighted by atomic mass is 16.3. The van der Waals surface area contributed by atoms with Gasteiger partial charge in [0.15, 0.2) is 6.10 Å². The predicted octanol–water partition coefficient (Wildman–Crippen LogP) is 0.753. The van der Waals surface area contributed by atoms with Gasteiger partial charge in [-0.25, -0.2) is 0 Å². The van der Waals surface area contributed by atoms with Crippen LogP contribution >= 0.6 is 0 Å². The molecule has 1 aromatic heterocycles. The summed E-state index contributed by atoms with van der Waals surface area (Å²) in [6, 6.07) is 8.91. The molecule has 0 aliphatic heterocycles. The summed E-state index contributed by atoms with van der Waals surface area (Å²) in [5.41, 5.74) is 6.09. The number of hydrogen-bond acceptors (Lipinski definition) is 3. The Balaban J connectivity index is 2.65. The number of nitrogens with two attached hydrogens (primary N) is 1. The minimum absolute atomic E-state index is 0.445. The third kappa shape index (κ3) is 1.67. The molecule has 1 aromatic carbocycles. The van der Waals surface area contributed by atoms with E-state index in [-0.39, 0.29) is 0 Å². The van der Waals surface area contributed by atoms with Gasteiger partial charge < -0.3 is 10.8 Å². The predicted molar refractivity (Wildman–Crippen MR) is 55.9 cm³/mol. The Morgan fingerprint density at radius 1 is 1.33 bits per heavy atom. The number of hydrogen-bond donors (Lipinski definition) is 2. The fourth-order valence-corrected chi connectivity index (χ4v) is 1.50. The van der Waals surface area contributed by atoms with Gasteiger partial charge in [-0.2, -0.15) is 0 Å². The molecule has 1 amide bonds. The van der Waals surface area contributed by atoms with Crippen LogP contribution in [0.3, 0.4) is 0 Å². The second-order valence-electron chi connectivity index (χ2n) is 3.23. The number of aliphatic hydroxyl groups is 1. The molecule has 2 rings (SSSR count). The lowest BCUT2D eigenvalue weighted by molar-refractivity contribution is -0.126. The maximum atomic E-state index is 10.9. The first-order chi connectivity index (χ1) is 7.20. The summed E-state index contributed by atoms with van der Waals surface area (Å²) < 4.78 is 0. The van der Waals surface area contributed by atoms with E-state index in [1.165, 1.54) is 0 Å². The van der Waals surface area contributed by atoms with Gasteiger partial charge in [-0.1, -0.05) is 24.3 Å². The zero-order valence-electron chi connectivity index (χ0n) is 7.92. The number of nitrogens with zero attached hydrogens (tertiary/aromatic N) is 1. The molecule has 1 unspecified atom stereocenters. The Kier molecular flexibility index (Phi) is 2.35. The fourth-order valence-electron chi connectivity index (χ4n) is 1.50. The molecule has 0 fully saturated rings. The number of aromatic nitrogens is 1. The number of rotatable bonds is 2. The lowest BCUT2D eigenvalue weighted by atomic mass is 10.0. The summed E-state index contributed by atoms with van der Waals surface area (Å²) in [5, 5.41) is 10.5. The molecule has 1 heterocycles. The first-order valence-corrected chi connectivity index (χ1v) is 4.51. The molecule has 1 atom stereocenters. The summed E-state index contributed by atoms with van der Waals surface area (Å²) >= 11 is 0. The van der Waals surface area contributed by atoms with Crippen molar-refractivity contribution in [3.05, 3.63) is 42.1 Å². The molecule has 0 radical (unpaired) electrons. The zero-order valence-corrected chi connectivity index (χ0v) is 7.92. The van der Waals surface area contributed by atoms with Crippen LogP contribution in [0.1, 0.15) is 11.7 Å². The molecule has 0 bridgehead atoms. The van der Waals surface area contributed by atoms with Crippen molar-refractivity contribution in [3.63, 3.8) is 0 Å². The highest BCUT2D eigenvalue weighted by Crippen LogP contribution is 2.21. The number of pyridine rings is 1. The van der Waals surface area contributed by atoms with Crippen molar-refractivity contribution in [1.82, 2.24) is 4.98 Å². The second kappa shape index (κ2) is 3.67. The largest absolute Gasteiger partial charge is 0.378 e. The van der Waals surface area contributed by atoms with Crippen molar-refractivity contribution in [2.24, 2.45) is 5.73 Å². The lowest BCUT2D eigenvalue weighted by Gasteiger charge is -2.08. The lowest BCUT2D eigenvalue weighted by Crippen LogP contribution is -2.21. The summed E-state index contributed by atoms with van der Waals surface area (Å²) in [6.45, 7) is 0. The van der Waals surface area contributed by atoms with E-state index in [1.54, 1.807) is 24.4 Å². The van der Waals surface area contributed by atoms with E-state index < -0.39 is 12.0 Å². The van der Waals surface area contributed by atoms with Crippen LogP contribution in [0, 0.1) is 0 Å². The van der Waals surface area contributed by atoms with E-state index in [0.29, 0.717) is 11.1 Å². The van der Waals surface area contributed by atoms with E-state index in [1.807, 2.05) is 12.1 Å². The summed E-state index contributed by atoms with van der Waals surface area (Å²) in [5.74, 6) is -0.770. The number of carbonyl (C=O) groups is 1. The van der Waals surface area contributed by atoms with Crippen molar-refractivity contribution in [1.29, 1.82) is 0 Å². The Labute approximate surface area is 86.4 Å². The molecular formula is C11H10N2O2. The number of benzene rings is 1. The average Bonchev–Trinajstić information content (AvgIpc) is 2.27.